The predicted octanol–water partition coefficient (Wildman–Crippen LogP) is 4.98. The third-order valence-corrected chi connectivity index (χ3v) is 3.36. The monoisotopic (exact) mass is 306 g/mol. The van der Waals surface area contributed by atoms with Gasteiger partial charge in [0.25, 0.3) is 0 Å². The minimum absolute atomic E-state index is 0.0471. The van der Waals surface area contributed by atoms with E-state index in [1.165, 1.54) is 0 Å². The van der Waals surface area contributed by atoms with E-state index in [0.717, 1.165) is 22.9 Å². The first-order valence-corrected chi connectivity index (χ1v) is 6.51. The van der Waals surface area contributed by atoms with Gasteiger partial charge in [-0.05, 0) is 23.6 Å². The Morgan fingerprint density at radius 1 is 1.10 bits per heavy atom. The van der Waals surface area contributed by atoms with Crippen LogP contribution in [0.4, 0.5) is 13.2 Å². The maximum Gasteiger partial charge on any atom is 0.416 e. The molecule has 21 heavy (non-hydrogen) atoms. The molecule has 2 heterocycles. The summed E-state index contributed by atoms with van der Waals surface area (Å²) in [6.45, 7) is 0. The summed E-state index contributed by atoms with van der Waals surface area (Å²) in [7, 11) is 0. The minimum atomic E-state index is -4.43. The summed E-state index contributed by atoms with van der Waals surface area (Å²) in [5.74, 6) is 0. The first-order chi connectivity index (χ1) is 9.95. The van der Waals surface area contributed by atoms with E-state index in [0.29, 0.717) is 11.3 Å². The highest BCUT2D eigenvalue weighted by Crippen LogP contribution is 2.33. The Balaban J connectivity index is 2.29. The zero-order valence-electron chi connectivity index (χ0n) is 10.6. The maximum absolute atomic E-state index is 12.9. The average molecular weight is 306 g/mol. The predicted molar refractivity (Wildman–Crippen MR) is 77.4 cm³/mol. The van der Waals surface area contributed by atoms with E-state index in [1.807, 2.05) is 6.07 Å². The second-order valence-corrected chi connectivity index (χ2v) is 4.99. The lowest BCUT2D eigenvalue weighted by atomic mass is 10.0. The fourth-order valence-corrected chi connectivity index (χ4v) is 2.45. The molecule has 0 atom stereocenters. The number of aromatic amines is 1. The standard InChI is InChI=1S/C15H9F3N2S/c16-15(17,18)10-6-13(20-14(21)7-10)12-3-1-2-9-8-19-5-4-11(9)12/h1-8H,(H,20,21). The van der Waals surface area contributed by atoms with Crippen molar-refractivity contribution in [3.05, 3.63) is 59.0 Å². The number of nitrogens with zero attached hydrogens (tertiary/aromatic N) is 1. The van der Waals surface area contributed by atoms with Gasteiger partial charge in [0.15, 0.2) is 0 Å². The fourth-order valence-electron chi connectivity index (χ4n) is 2.21. The van der Waals surface area contributed by atoms with E-state index < -0.39 is 11.7 Å². The molecule has 0 amide bonds. The molecule has 2 aromatic heterocycles. The lowest BCUT2D eigenvalue weighted by Crippen LogP contribution is -2.05. The summed E-state index contributed by atoms with van der Waals surface area (Å²) in [4.78, 5) is 6.83. The summed E-state index contributed by atoms with van der Waals surface area (Å²) in [6.07, 6.45) is -1.15. The molecular formula is C15H9F3N2S. The van der Waals surface area contributed by atoms with Crippen LogP contribution in [-0.2, 0) is 6.18 Å². The Bertz CT molecular complexity index is 863. The molecule has 0 unspecified atom stereocenters. The van der Waals surface area contributed by atoms with Crippen molar-refractivity contribution < 1.29 is 13.2 Å². The molecule has 6 heteroatoms. The molecule has 1 N–H and O–H groups in total. The van der Waals surface area contributed by atoms with Crippen molar-refractivity contribution in [2.45, 2.75) is 6.18 Å². The van der Waals surface area contributed by atoms with E-state index >= 15 is 0 Å². The highest BCUT2D eigenvalue weighted by molar-refractivity contribution is 7.71. The number of halogens is 3. The molecule has 3 aromatic rings. The van der Waals surface area contributed by atoms with Crippen molar-refractivity contribution in [2.75, 3.05) is 0 Å². The zero-order chi connectivity index (χ0) is 15.0. The van der Waals surface area contributed by atoms with Gasteiger partial charge in [0.1, 0.15) is 4.64 Å². The van der Waals surface area contributed by atoms with Crippen molar-refractivity contribution in [1.82, 2.24) is 9.97 Å². The summed E-state index contributed by atoms with van der Waals surface area (Å²) >= 11 is 4.91. The molecule has 0 radical (unpaired) electrons. The Kier molecular flexibility index (Phi) is 3.25. The van der Waals surface area contributed by atoms with Gasteiger partial charge in [0.05, 0.1) is 5.56 Å². The molecule has 0 spiro atoms. The van der Waals surface area contributed by atoms with E-state index in [1.54, 1.807) is 30.6 Å². The van der Waals surface area contributed by atoms with Gasteiger partial charge in [-0.3, -0.25) is 4.98 Å². The van der Waals surface area contributed by atoms with Crippen LogP contribution < -0.4 is 0 Å². The van der Waals surface area contributed by atoms with Gasteiger partial charge in [0.2, 0.25) is 0 Å². The number of fused-ring (bicyclic) bond motifs is 1. The minimum Gasteiger partial charge on any atom is -0.346 e. The molecule has 0 aliphatic rings. The number of alkyl halides is 3. The lowest BCUT2D eigenvalue weighted by Gasteiger charge is -2.11. The van der Waals surface area contributed by atoms with Crippen LogP contribution in [0.5, 0.6) is 0 Å². The topological polar surface area (TPSA) is 28.7 Å². The van der Waals surface area contributed by atoms with Gasteiger partial charge in [-0.1, -0.05) is 30.4 Å². The number of pyridine rings is 2. The normalized spacial score (nSPS) is 11.8. The number of H-pyrrole nitrogens is 1. The van der Waals surface area contributed by atoms with E-state index in [-0.39, 0.29) is 4.64 Å². The van der Waals surface area contributed by atoms with Crippen LogP contribution in [0.1, 0.15) is 5.56 Å². The van der Waals surface area contributed by atoms with Gasteiger partial charge < -0.3 is 4.98 Å². The smallest absolute Gasteiger partial charge is 0.346 e. The zero-order valence-corrected chi connectivity index (χ0v) is 11.4. The number of nitrogens with one attached hydrogen (secondary N) is 1. The molecule has 0 aliphatic heterocycles. The number of hydrogen-bond donors (Lipinski definition) is 1. The Morgan fingerprint density at radius 2 is 1.90 bits per heavy atom. The second-order valence-electron chi connectivity index (χ2n) is 4.55. The summed E-state index contributed by atoms with van der Waals surface area (Å²) in [5.41, 5.74) is 0.242. The van der Waals surface area contributed by atoms with Crippen molar-refractivity contribution in [1.29, 1.82) is 0 Å². The molecule has 0 aliphatic carbocycles. The molecule has 0 bridgehead atoms. The third kappa shape index (κ3) is 2.67. The van der Waals surface area contributed by atoms with E-state index in [4.69, 9.17) is 12.2 Å². The van der Waals surface area contributed by atoms with Crippen LogP contribution in [0, 0.1) is 4.64 Å². The van der Waals surface area contributed by atoms with Crippen LogP contribution >= 0.6 is 12.2 Å². The van der Waals surface area contributed by atoms with Crippen LogP contribution in [0.15, 0.2) is 48.8 Å². The highest BCUT2D eigenvalue weighted by atomic mass is 32.1. The molecule has 3 rings (SSSR count). The maximum atomic E-state index is 12.9. The van der Waals surface area contributed by atoms with Gasteiger partial charge in [-0.15, -0.1) is 0 Å². The number of benzene rings is 1. The first kappa shape index (κ1) is 13.8. The Hall–Kier alpha value is -2.21. The highest BCUT2D eigenvalue weighted by Gasteiger charge is 2.31. The third-order valence-electron chi connectivity index (χ3n) is 3.14. The summed E-state index contributed by atoms with van der Waals surface area (Å²) in [5, 5.41) is 1.67. The quantitative estimate of drug-likeness (QED) is 0.642. The molecule has 106 valence electrons. The molecule has 0 saturated carbocycles. The number of aromatic nitrogens is 2. The Labute approximate surface area is 123 Å². The van der Waals surface area contributed by atoms with Crippen LogP contribution in [-0.4, -0.2) is 9.97 Å². The van der Waals surface area contributed by atoms with E-state index in [2.05, 4.69) is 9.97 Å². The molecule has 2 nitrogen and oxygen atoms in total. The van der Waals surface area contributed by atoms with Crippen molar-refractivity contribution in [2.24, 2.45) is 0 Å². The molecule has 0 fully saturated rings. The van der Waals surface area contributed by atoms with Crippen LogP contribution in [0.3, 0.4) is 0 Å². The summed E-state index contributed by atoms with van der Waals surface area (Å²) in [6, 6.07) is 9.14. The van der Waals surface area contributed by atoms with Crippen LogP contribution in [0.2, 0.25) is 0 Å². The second kappa shape index (κ2) is 4.96. The Morgan fingerprint density at radius 3 is 2.67 bits per heavy atom. The summed E-state index contributed by atoms with van der Waals surface area (Å²) < 4.78 is 38.8. The average Bonchev–Trinajstić information content (AvgIpc) is 2.45. The van der Waals surface area contributed by atoms with Crippen molar-refractivity contribution >= 4 is 23.0 Å². The molecular weight excluding hydrogens is 297 g/mol. The lowest BCUT2D eigenvalue weighted by molar-refractivity contribution is -0.137. The van der Waals surface area contributed by atoms with Gasteiger partial charge in [-0.25, -0.2) is 0 Å². The van der Waals surface area contributed by atoms with E-state index in [9.17, 15) is 13.2 Å². The number of rotatable bonds is 1. The molecule has 1 aromatic carbocycles. The van der Waals surface area contributed by atoms with Gasteiger partial charge >= 0.3 is 6.18 Å². The number of hydrogen-bond acceptors (Lipinski definition) is 2. The van der Waals surface area contributed by atoms with Gasteiger partial charge in [-0.2, -0.15) is 13.2 Å². The van der Waals surface area contributed by atoms with Gasteiger partial charge in [0, 0.05) is 29.0 Å². The van der Waals surface area contributed by atoms with Crippen LogP contribution in [0.25, 0.3) is 22.0 Å². The molecule has 0 saturated heterocycles. The first-order valence-electron chi connectivity index (χ1n) is 6.10. The fraction of sp³-hybridized carbons (Fsp3) is 0.0667. The SMILES string of the molecule is FC(F)(F)c1cc(-c2cccc3cnccc23)[nH]c(=S)c1. The van der Waals surface area contributed by atoms with Crippen molar-refractivity contribution in [3.63, 3.8) is 0 Å². The largest absolute Gasteiger partial charge is 0.416 e. The van der Waals surface area contributed by atoms with Crippen molar-refractivity contribution in [3.8, 4) is 11.3 Å².